The molecule has 0 aromatic heterocycles. The Balaban J connectivity index is 0. The summed E-state index contributed by atoms with van der Waals surface area (Å²) in [6, 6.07) is 17.5. The summed E-state index contributed by atoms with van der Waals surface area (Å²) in [5.74, 6) is -0.411. The number of nitrogens with one attached hydrogen (secondary N) is 2. The molecular formula is C53H85ClN4O9-2. The van der Waals surface area contributed by atoms with Crippen molar-refractivity contribution in [3.8, 4) is 0 Å². The summed E-state index contributed by atoms with van der Waals surface area (Å²) in [5, 5.41) is 13.6. The van der Waals surface area contributed by atoms with E-state index in [9.17, 15) is 29.2 Å². The van der Waals surface area contributed by atoms with Gasteiger partial charge < -0.3 is 36.5 Å². The Bertz CT molecular complexity index is 1840. The van der Waals surface area contributed by atoms with Crippen molar-refractivity contribution < 1.29 is 39.6 Å². The molecule has 0 unspecified atom stereocenters. The summed E-state index contributed by atoms with van der Waals surface area (Å²) < 4.78 is 16.5. The summed E-state index contributed by atoms with van der Waals surface area (Å²) in [6.07, 6.45) is 8.41. The average Bonchev–Trinajstić information content (AvgIpc) is 3.83. The highest BCUT2D eigenvalue weighted by molar-refractivity contribution is 5.93. The first-order valence-electron chi connectivity index (χ1n) is 23.1. The molecule has 0 bridgehead atoms. The van der Waals surface area contributed by atoms with Crippen LogP contribution in [0.4, 0.5) is 9.59 Å². The van der Waals surface area contributed by atoms with E-state index >= 15 is 0 Å². The Morgan fingerprint density at radius 2 is 1.21 bits per heavy atom. The van der Waals surface area contributed by atoms with Crippen LogP contribution in [0.1, 0.15) is 148 Å². The molecule has 0 aliphatic carbocycles. The predicted molar refractivity (Wildman–Crippen MR) is 273 cm³/mol. The number of amides is 3. The van der Waals surface area contributed by atoms with Gasteiger partial charge in [0.05, 0.1) is 6.04 Å². The van der Waals surface area contributed by atoms with Crippen LogP contribution in [0.3, 0.4) is 0 Å². The molecule has 2 aromatic carbocycles. The van der Waals surface area contributed by atoms with Crippen LogP contribution in [-0.2, 0) is 41.6 Å². The molecule has 4 atom stereocenters. The number of benzene rings is 2. The minimum atomic E-state index is -1.14. The molecule has 2 aliphatic heterocycles. The molecule has 67 heavy (non-hydrogen) atoms. The zero-order chi connectivity index (χ0) is 49.0. The van der Waals surface area contributed by atoms with Gasteiger partial charge in [-0.25, -0.2) is 14.4 Å². The van der Waals surface area contributed by atoms with Gasteiger partial charge in [0.15, 0.2) is 5.78 Å². The van der Waals surface area contributed by atoms with Crippen LogP contribution in [0.2, 0.25) is 0 Å². The second-order valence-electron chi connectivity index (χ2n) is 20.2. The first-order chi connectivity index (χ1) is 30.4. The normalized spacial score (nSPS) is 18.6. The van der Waals surface area contributed by atoms with Crippen molar-refractivity contribution >= 4 is 42.3 Å². The predicted octanol–water partition coefficient (Wildman–Crippen LogP) is 11.4. The first-order valence-corrected chi connectivity index (χ1v) is 23.1. The number of hydrogen-bond acceptors (Lipinski definition) is 10. The van der Waals surface area contributed by atoms with Gasteiger partial charge in [-0.2, -0.15) is 0 Å². The van der Waals surface area contributed by atoms with Crippen molar-refractivity contribution in [1.29, 1.82) is 0 Å². The fourth-order valence-corrected chi connectivity index (χ4v) is 7.86. The van der Waals surface area contributed by atoms with Crippen molar-refractivity contribution in [1.82, 2.24) is 20.6 Å². The summed E-state index contributed by atoms with van der Waals surface area (Å²) in [4.78, 5) is 66.6. The molecular weight excluding hydrogens is 872 g/mol. The number of nitrogens with zero attached hydrogens (tertiary/aromatic N) is 2. The fraction of sp³-hybridized carbons (Fsp3) is 0.604. The van der Waals surface area contributed by atoms with E-state index in [-0.39, 0.29) is 63.5 Å². The number of hydrogen-bond donors (Lipinski definition) is 2. The zero-order valence-electron chi connectivity index (χ0n) is 42.6. The maximum atomic E-state index is 13.6. The molecule has 13 nitrogen and oxygen atoms in total. The van der Waals surface area contributed by atoms with E-state index in [1.165, 1.54) is 4.90 Å². The van der Waals surface area contributed by atoms with Gasteiger partial charge in [-0.15, -0.1) is 25.6 Å². The zero-order valence-corrected chi connectivity index (χ0v) is 42.4. The van der Waals surface area contributed by atoms with Gasteiger partial charge in [-0.1, -0.05) is 108 Å². The van der Waals surface area contributed by atoms with Gasteiger partial charge >= 0.3 is 18.2 Å². The number of rotatable bonds is 17. The van der Waals surface area contributed by atoms with Crippen molar-refractivity contribution in [2.45, 2.75) is 182 Å². The third-order valence-corrected chi connectivity index (χ3v) is 10.9. The van der Waals surface area contributed by atoms with E-state index in [2.05, 4.69) is 25.4 Å². The number of esters is 1. The Kier molecular flexibility index (Phi) is 27.2. The molecule has 0 radical (unpaired) electrons. The lowest BCUT2D eigenvalue weighted by molar-refractivity contribution is -0.151. The van der Waals surface area contributed by atoms with Crippen LogP contribution in [0.25, 0.3) is 0 Å². The Hall–Kier alpha value is -4.72. The minimum absolute atomic E-state index is 0. The molecule has 2 N–H and O–H groups in total. The molecule has 2 saturated heterocycles. The number of carbonyl (C=O) groups is 5. The number of carbonyl (C=O) groups excluding carboxylic acids is 5. The van der Waals surface area contributed by atoms with Crippen LogP contribution in [0.15, 0.2) is 86.0 Å². The van der Waals surface area contributed by atoms with Crippen molar-refractivity contribution in [2.24, 2.45) is 11.8 Å². The third kappa shape index (κ3) is 21.4. The van der Waals surface area contributed by atoms with Crippen LogP contribution in [0.5, 0.6) is 0 Å². The second kappa shape index (κ2) is 29.2. The van der Waals surface area contributed by atoms with Gasteiger partial charge in [0.1, 0.15) is 29.4 Å². The van der Waals surface area contributed by atoms with Crippen molar-refractivity contribution in [2.75, 3.05) is 13.1 Å². The van der Waals surface area contributed by atoms with E-state index in [1.54, 1.807) is 26.8 Å². The fourth-order valence-electron chi connectivity index (χ4n) is 7.86. The number of Topliss-reactive ketones (excluding diaryl/α,β-unsaturated/α-hetero) is 1. The number of ketones is 1. The molecule has 0 saturated carbocycles. The Morgan fingerprint density at radius 3 is 1.69 bits per heavy atom. The van der Waals surface area contributed by atoms with Gasteiger partial charge in [-0.3, -0.25) is 14.5 Å². The van der Waals surface area contributed by atoms with Crippen molar-refractivity contribution in [3.05, 3.63) is 102 Å². The summed E-state index contributed by atoms with van der Waals surface area (Å²) >= 11 is 0. The summed E-state index contributed by atoms with van der Waals surface area (Å²) in [5.41, 5.74) is 1.33. The minimum Gasteiger partial charge on any atom is -1.00 e. The first kappa shape index (κ1) is 62.3. The van der Waals surface area contributed by atoms with Crippen molar-refractivity contribution in [3.63, 3.8) is 0 Å². The molecule has 14 heteroatoms. The highest BCUT2D eigenvalue weighted by atomic mass is 35.5. The highest BCUT2D eigenvalue weighted by Gasteiger charge is 2.51. The van der Waals surface area contributed by atoms with E-state index in [0.29, 0.717) is 44.6 Å². The highest BCUT2D eigenvalue weighted by Crippen LogP contribution is 2.36. The Morgan fingerprint density at radius 1 is 0.746 bits per heavy atom. The lowest BCUT2D eigenvalue weighted by Gasteiger charge is -2.38. The van der Waals surface area contributed by atoms with Gasteiger partial charge in [-0.05, 0) is 123 Å². The molecule has 2 fully saturated rings. The average molecular weight is 959 g/mol. The molecule has 2 aliphatic rings. The van der Waals surface area contributed by atoms with Crippen LogP contribution in [-0.4, -0.2) is 87.1 Å². The van der Waals surface area contributed by atoms with Crippen LogP contribution >= 0.6 is 12.4 Å². The maximum absolute atomic E-state index is 13.6. The van der Waals surface area contributed by atoms with E-state index < -0.39 is 40.9 Å². The quantitative estimate of drug-likeness (QED) is 0.0674. The van der Waals surface area contributed by atoms with Gasteiger partial charge in [0, 0.05) is 25.0 Å². The monoisotopic (exact) mass is 958 g/mol. The second-order valence-corrected chi connectivity index (χ2v) is 20.2. The largest absolute Gasteiger partial charge is 1.00 e. The molecule has 0 spiro atoms. The number of likely N-dealkylation sites (tertiary alicyclic amines) is 2. The summed E-state index contributed by atoms with van der Waals surface area (Å²) in [6.45, 7) is 30.0. The topological polar surface area (TPSA) is 167 Å². The molecule has 380 valence electrons. The smallest absolute Gasteiger partial charge is 0.411 e. The number of halogens is 1. The lowest BCUT2D eigenvalue weighted by Crippen LogP contribution is -2.60. The lowest BCUT2D eigenvalue weighted by atomic mass is 9.90. The van der Waals surface area contributed by atoms with E-state index in [1.807, 2.05) is 126 Å². The summed E-state index contributed by atoms with van der Waals surface area (Å²) in [7, 11) is 0. The van der Waals surface area contributed by atoms with Gasteiger partial charge in [0.25, 0.3) is 0 Å². The standard InChI is InChI=1S/C26H38N2O5.C13H23NO2.C13H18NO2.CH4.ClH.H/c1-7-14-26(15-11-16-28(26)24(31)33-25(4,5)6)23(30)27-21(17-19(2)3)22(29)32-18-20-12-9-8-10-13-20;1-6-8-13(5)9-7-10-14(13)11(15)16-12(2,3)4;1-10(2)8-12(14-16)13(15)9-11-6-4-3-5-7-11;;;/h7-10,12-13,19,21H,1,11,14-18H2,2-6H3,(H,27,30);6H,1,7-10H2,2-5H3;3-7,10,12,14H,8-9H2,1-2H3;1H4;1H;/q;;-1;;;-1/t21-,26+;13-;12-;;;/m100.../s1/i;;;;;1+1. The number of hydroxylamine groups is 1. The van der Waals surface area contributed by atoms with E-state index in [4.69, 9.17) is 14.2 Å². The van der Waals surface area contributed by atoms with E-state index in [0.717, 1.165) is 36.9 Å². The third-order valence-electron chi connectivity index (χ3n) is 10.9. The number of ether oxygens (including phenoxy) is 3. The Labute approximate surface area is 410 Å². The van der Waals surface area contributed by atoms with Crippen LogP contribution in [0, 0.1) is 17.0 Å². The molecule has 2 heterocycles. The molecule has 3 amide bonds. The molecule has 4 rings (SSSR count). The van der Waals surface area contributed by atoms with Crippen LogP contribution < -0.4 is 10.8 Å². The SMILES string of the molecule is C.C=CC[C@@]1(C(=O)N[C@H](CC(C)C)C(=O)OCc2ccccc2)CCCN1C(=O)OC(C)(C)C.C=CC[C@@]1(C)CCCN1C(=O)OC(C)(C)C.CC(C)C[C@H](N[O-])C(=O)Cc1ccccc1.Cl.[2H-]. The molecule has 2 aromatic rings. The van der Waals surface area contributed by atoms with Gasteiger partial charge in [0.2, 0.25) is 5.91 Å². The maximum Gasteiger partial charge on any atom is 0.411 e.